The smallest absolute Gasteiger partial charge is 0.268 e. The highest BCUT2D eigenvalue weighted by atomic mass is 32.1. The third-order valence-corrected chi connectivity index (χ3v) is 7.70. The Morgan fingerprint density at radius 2 is 1.94 bits per heavy atom. The quantitative estimate of drug-likeness (QED) is 0.587. The van der Waals surface area contributed by atoms with Crippen molar-refractivity contribution in [3.8, 4) is 16.2 Å². The van der Waals surface area contributed by atoms with Gasteiger partial charge in [-0.25, -0.2) is 4.98 Å². The number of hydrogen-bond acceptors (Lipinski definition) is 6. The molecule has 0 radical (unpaired) electrons. The van der Waals surface area contributed by atoms with Crippen LogP contribution in [0.1, 0.15) is 21.7 Å². The third-order valence-electron chi connectivity index (χ3n) is 6.49. The normalized spacial score (nSPS) is 18.4. The number of pyridine rings is 1. The van der Waals surface area contributed by atoms with Crippen molar-refractivity contribution in [2.24, 2.45) is 0 Å². The number of amides is 1. The Labute approximate surface area is 193 Å². The minimum absolute atomic E-state index is 0.0689. The van der Waals surface area contributed by atoms with Crippen LogP contribution in [0.3, 0.4) is 0 Å². The van der Waals surface area contributed by atoms with Crippen LogP contribution in [0.15, 0.2) is 48.7 Å². The Kier molecular flexibility index (Phi) is 5.61. The molecular formula is C25H28N4O2S. The van der Waals surface area contributed by atoms with Crippen LogP contribution in [0.25, 0.3) is 10.4 Å². The summed E-state index contributed by atoms with van der Waals surface area (Å²) in [7, 11) is 5.93. The molecule has 0 N–H and O–H groups in total. The SMILES string of the molecule is COc1ccc(-c2cc3c(s2)C(=O)N(c2ccc(N4CCC(N(C)C)C4)nc2)CC3)cc1. The van der Waals surface area contributed by atoms with Crippen molar-refractivity contribution >= 4 is 28.7 Å². The van der Waals surface area contributed by atoms with Gasteiger partial charge in [0.15, 0.2) is 0 Å². The van der Waals surface area contributed by atoms with Crippen LogP contribution < -0.4 is 14.5 Å². The number of hydrogen-bond donors (Lipinski definition) is 0. The molecule has 32 heavy (non-hydrogen) atoms. The number of ether oxygens (including phenoxy) is 1. The number of carbonyl (C=O) groups is 1. The summed E-state index contributed by atoms with van der Waals surface area (Å²) in [6.07, 6.45) is 3.85. The lowest BCUT2D eigenvalue weighted by atomic mass is 10.1. The maximum Gasteiger partial charge on any atom is 0.268 e. The first kappa shape index (κ1) is 21.0. The van der Waals surface area contributed by atoms with Crippen molar-refractivity contribution in [2.75, 3.05) is 50.6 Å². The molecule has 6 nitrogen and oxygen atoms in total. The van der Waals surface area contributed by atoms with E-state index in [1.54, 1.807) is 18.4 Å². The van der Waals surface area contributed by atoms with Crippen LogP contribution in [-0.2, 0) is 6.42 Å². The average Bonchev–Trinajstić information content (AvgIpc) is 3.48. The summed E-state index contributed by atoms with van der Waals surface area (Å²) in [6, 6.07) is 14.8. The Morgan fingerprint density at radius 1 is 1.12 bits per heavy atom. The molecule has 1 amide bonds. The molecule has 7 heteroatoms. The van der Waals surface area contributed by atoms with Crippen molar-refractivity contribution < 1.29 is 9.53 Å². The van der Waals surface area contributed by atoms with E-state index in [-0.39, 0.29) is 5.91 Å². The van der Waals surface area contributed by atoms with E-state index in [1.165, 1.54) is 0 Å². The zero-order valence-corrected chi connectivity index (χ0v) is 19.6. The predicted molar refractivity (Wildman–Crippen MR) is 130 cm³/mol. The van der Waals surface area contributed by atoms with E-state index >= 15 is 0 Å². The molecule has 1 fully saturated rings. The maximum atomic E-state index is 13.3. The Bertz CT molecular complexity index is 1110. The number of carbonyl (C=O) groups excluding carboxylic acids is 1. The lowest BCUT2D eigenvalue weighted by Gasteiger charge is -2.27. The number of benzene rings is 1. The second kappa shape index (κ2) is 8.56. The summed E-state index contributed by atoms with van der Waals surface area (Å²) in [4.78, 5) is 26.4. The molecule has 3 aromatic rings. The Morgan fingerprint density at radius 3 is 2.59 bits per heavy atom. The van der Waals surface area contributed by atoms with Crippen LogP contribution >= 0.6 is 11.3 Å². The van der Waals surface area contributed by atoms with Crippen molar-refractivity contribution in [1.29, 1.82) is 0 Å². The lowest BCUT2D eigenvalue weighted by Crippen LogP contribution is -2.36. The molecule has 2 aromatic heterocycles. The number of likely N-dealkylation sites (N-methyl/N-ethyl adjacent to an activating group) is 1. The van der Waals surface area contributed by atoms with E-state index < -0.39 is 0 Å². The molecule has 5 rings (SSSR count). The number of thiophene rings is 1. The number of fused-ring (bicyclic) bond motifs is 1. The van der Waals surface area contributed by atoms with Gasteiger partial charge in [0.05, 0.1) is 23.9 Å². The monoisotopic (exact) mass is 448 g/mol. The van der Waals surface area contributed by atoms with Crippen LogP contribution in [0, 0.1) is 0 Å². The standard InChI is InChI=1S/C25H28N4O2S/c1-27(2)20-11-12-28(16-20)23-9-6-19(15-26-23)29-13-10-18-14-22(32-24(18)25(29)30)17-4-7-21(31-3)8-5-17/h4-9,14-15,20H,10-13,16H2,1-3H3. The molecule has 1 saturated heterocycles. The fourth-order valence-electron chi connectivity index (χ4n) is 4.49. The van der Waals surface area contributed by atoms with E-state index in [2.05, 4.69) is 30.0 Å². The van der Waals surface area contributed by atoms with Crippen LogP contribution in [0.4, 0.5) is 11.5 Å². The highest BCUT2D eigenvalue weighted by molar-refractivity contribution is 7.17. The van der Waals surface area contributed by atoms with Crippen molar-refractivity contribution in [3.63, 3.8) is 0 Å². The van der Waals surface area contributed by atoms with Gasteiger partial charge in [0.1, 0.15) is 11.6 Å². The third kappa shape index (κ3) is 3.87. The van der Waals surface area contributed by atoms with E-state index in [1.807, 2.05) is 47.5 Å². The predicted octanol–water partition coefficient (Wildman–Crippen LogP) is 4.16. The molecular weight excluding hydrogens is 420 g/mol. The maximum absolute atomic E-state index is 13.3. The number of nitrogens with zero attached hydrogens (tertiary/aromatic N) is 4. The van der Waals surface area contributed by atoms with Gasteiger partial charge in [0, 0.05) is 30.6 Å². The number of rotatable bonds is 5. The minimum Gasteiger partial charge on any atom is -0.497 e. The van der Waals surface area contributed by atoms with E-state index in [9.17, 15) is 4.79 Å². The van der Waals surface area contributed by atoms with Crippen LogP contribution in [0.2, 0.25) is 0 Å². The number of anilines is 2. The molecule has 1 aromatic carbocycles. The second-order valence-corrected chi connectivity index (χ2v) is 9.68. The van der Waals surface area contributed by atoms with Crippen LogP contribution in [0.5, 0.6) is 5.75 Å². The first-order valence-corrected chi connectivity index (χ1v) is 11.8. The first-order valence-electron chi connectivity index (χ1n) is 11.0. The van der Waals surface area contributed by atoms with Gasteiger partial charge in [-0.1, -0.05) is 0 Å². The zero-order chi connectivity index (χ0) is 22.2. The highest BCUT2D eigenvalue weighted by Crippen LogP contribution is 2.36. The van der Waals surface area contributed by atoms with E-state index in [4.69, 9.17) is 9.72 Å². The topological polar surface area (TPSA) is 48.9 Å². The van der Waals surface area contributed by atoms with Gasteiger partial charge in [-0.05, 0) is 80.5 Å². The fraction of sp³-hybridized carbons (Fsp3) is 0.360. The second-order valence-electron chi connectivity index (χ2n) is 8.63. The minimum atomic E-state index is 0.0689. The van der Waals surface area contributed by atoms with Gasteiger partial charge in [0.2, 0.25) is 0 Å². The average molecular weight is 449 g/mol. The van der Waals surface area contributed by atoms with Crippen molar-refractivity contribution in [3.05, 3.63) is 59.1 Å². The van der Waals surface area contributed by atoms with Crippen molar-refractivity contribution in [2.45, 2.75) is 18.9 Å². The number of aromatic nitrogens is 1. The molecule has 166 valence electrons. The summed E-state index contributed by atoms with van der Waals surface area (Å²) in [5, 5.41) is 0. The number of methoxy groups -OCH3 is 1. The van der Waals surface area contributed by atoms with Gasteiger partial charge < -0.3 is 19.4 Å². The Hall–Kier alpha value is -2.90. The lowest BCUT2D eigenvalue weighted by molar-refractivity contribution is 0.0985. The highest BCUT2D eigenvalue weighted by Gasteiger charge is 2.29. The molecule has 1 unspecified atom stereocenters. The summed E-state index contributed by atoms with van der Waals surface area (Å²) in [6.45, 7) is 2.69. The molecule has 0 spiro atoms. The Balaban J connectivity index is 1.33. The van der Waals surface area contributed by atoms with Gasteiger partial charge >= 0.3 is 0 Å². The summed E-state index contributed by atoms with van der Waals surface area (Å²) in [5.41, 5.74) is 3.11. The van der Waals surface area contributed by atoms with Gasteiger partial charge in [-0.2, -0.15) is 0 Å². The van der Waals surface area contributed by atoms with E-state index in [0.717, 1.165) is 64.1 Å². The molecule has 0 bridgehead atoms. The zero-order valence-electron chi connectivity index (χ0n) is 18.7. The summed E-state index contributed by atoms with van der Waals surface area (Å²) in [5.74, 6) is 1.89. The fourth-order valence-corrected chi connectivity index (χ4v) is 5.66. The largest absolute Gasteiger partial charge is 0.497 e. The summed E-state index contributed by atoms with van der Waals surface area (Å²) >= 11 is 1.57. The molecule has 4 heterocycles. The molecule has 2 aliphatic heterocycles. The van der Waals surface area contributed by atoms with Gasteiger partial charge in [-0.15, -0.1) is 11.3 Å². The van der Waals surface area contributed by atoms with E-state index in [0.29, 0.717) is 12.6 Å². The van der Waals surface area contributed by atoms with Crippen LogP contribution in [-0.4, -0.2) is 62.7 Å². The summed E-state index contributed by atoms with van der Waals surface area (Å²) < 4.78 is 5.25. The molecule has 0 saturated carbocycles. The van der Waals surface area contributed by atoms with Crippen molar-refractivity contribution in [1.82, 2.24) is 9.88 Å². The van der Waals surface area contributed by atoms with Gasteiger partial charge in [-0.3, -0.25) is 4.79 Å². The molecule has 1 atom stereocenters. The van der Waals surface area contributed by atoms with Gasteiger partial charge in [0.25, 0.3) is 5.91 Å². The molecule has 2 aliphatic rings. The molecule has 0 aliphatic carbocycles. The first-order chi connectivity index (χ1) is 15.5.